The zero-order valence-electron chi connectivity index (χ0n) is 12.5. The molecule has 21 heavy (non-hydrogen) atoms. The van der Waals surface area contributed by atoms with Crippen LogP contribution in [0.1, 0.15) is 18.4 Å². The Labute approximate surface area is 134 Å². The van der Waals surface area contributed by atoms with Gasteiger partial charge in [0, 0.05) is 29.1 Å². The summed E-state index contributed by atoms with van der Waals surface area (Å²) in [5, 5.41) is 4.63. The lowest BCUT2D eigenvalue weighted by atomic mass is 9.97. The Hall–Kier alpha value is -0.970. The Morgan fingerprint density at radius 2 is 2.10 bits per heavy atom. The number of hydrogen-bond acceptors (Lipinski definition) is 3. The van der Waals surface area contributed by atoms with Crippen molar-refractivity contribution in [3.63, 3.8) is 0 Å². The van der Waals surface area contributed by atoms with Crippen molar-refractivity contribution in [1.82, 2.24) is 15.2 Å². The molecular formula is C17H22BrN3. The Balaban J connectivity index is 1.73. The summed E-state index contributed by atoms with van der Waals surface area (Å²) in [6, 6.07) is 8.45. The Bertz CT molecular complexity index is 608. The molecule has 0 radical (unpaired) electrons. The van der Waals surface area contributed by atoms with E-state index in [0.717, 1.165) is 22.5 Å². The van der Waals surface area contributed by atoms with Crippen LogP contribution in [0, 0.1) is 5.92 Å². The van der Waals surface area contributed by atoms with Crippen molar-refractivity contribution in [3.05, 3.63) is 40.5 Å². The zero-order chi connectivity index (χ0) is 14.7. The molecular weight excluding hydrogens is 326 g/mol. The lowest BCUT2D eigenvalue weighted by molar-refractivity contribution is 0.235. The molecule has 4 heteroatoms. The molecule has 1 aliphatic rings. The highest BCUT2D eigenvalue weighted by Gasteiger charge is 2.16. The van der Waals surface area contributed by atoms with Gasteiger partial charge in [-0.25, -0.2) is 0 Å². The third-order valence-corrected chi connectivity index (χ3v) is 4.96. The summed E-state index contributed by atoms with van der Waals surface area (Å²) in [7, 11) is 2.22. The van der Waals surface area contributed by atoms with Crippen LogP contribution in [0.3, 0.4) is 0 Å². The number of piperidine rings is 1. The van der Waals surface area contributed by atoms with E-state index in [1.165, 1.54) is 43.4 Å². The smallest absolute Gasteiger partial charge is 0.0758 e. The molecule has 0 unspecified atom stereocenters. The first kappa shape index (κ1) is 14.9. The van der Waals surface area contributed by atoms with Crippen molar-refractivity contribution < 1.29 is 0 Å². The molecule has 1 fully saturated rings. The number of nitrogens with zero attached hydrogens (tertiary/aromatic N) is 2. The summed E-state index contributed by atoms with van der Waals surface area (Å²) in [5.74, 6) is 0.825. The van der Waals surface area contributed by atoms with E-state index in [0.29, 0.717) is 0 Å². The quantitative estimate of drug-likeness (QED) is 0.918. The van der Waals surface area contributed by atoms with Gasteiger partial charge in [-0.15, -0.1) is 0 Å². The Morgan fingerprint density at radius 3 is 2.90 bits per heavy atom. The maximum absolute atomic E-state index is 4.58. The predicted octanol–water partition coefficient (Wildman–Crippen LogP) is 3.43. The van der Waals surface area contributed by atoms with E-state index in [4.69, 9.17) is 0 Å². The molecule has 0 atom stereocenters. The molecule has 1 saturated heterocycles. The van der Waals surface area contributed by atoms with Gasteiger partial charge in [-0.1, -0.05) is 28.1 Å². The average Bonchev–Trinajstić information content (AvgIpc) is 2.51. The van der Waals surface area contributed by atoms with Gasteiger partial charge in [0.15, 0.2) is 0 Å². The van der Waals surface area contributed by atoms with Gasteiger partial charge in [0.05, 0.1) is 5.52 Å². The van der Waals surface area contributed by atoms with Gasteiger partial charge < -0.3 is 10.2 Å². The van der Waals surface area contributed by atoms with Gasteiger partial charge >= 0.3 is 0 Å². The van der Waals surface area contributed by atoms with Crippen molar-refractivity contribution >= 4 is 26.8 Å². The number of rotatable bonds is 4. The lowest BCUT2D eigenvalue weighted by Gasteiger charge is -2.27. The maximum Gasteiger partial charge on any atom is 0.0758 e. The van der Waals surface area contributed by atoms with Crippen molar-refractivity contribution in [3.8, 4) is 0 Å². The number of fused-ring (bicyclic) bond motifs is 1. The first-order valence-electron chi connectivity index (χ1n) is 7.65. The molecule has 0 amide bonds. The minimum atomic E-state index is 0.825. The van der Waals surface area contributed by atoms with E-state index in [2.05, 4.69) is 56.4 Å². The van der Waals surface area contributed by atoms with Crippen LogP contribution in [0.4, 0.5) is 0 Å². The van der Waals surface area contributed by atoms with Crippen LogP contribution in [0.15, 0.2) is 34.9 Å². The first-order valence-corrected chi connectivity index (χ1v) is 8.44. The second-order valence-corrected chi connectivity index (χ2v) is 6.85. The highest BCUT2D eigenvalue weighted by molar-refractivity contribution is 9.10. The van der Waals surface area contributed by atoms with E-state index in [1.807, 2.05) is 12.3 Å². The van der Waals surface area contributed by atoms with Gasteiger partial charge in [-0.2, -0.15) is 0 Å². The summed E-state index contributed by atoms with van der Waals surface area (Å²) < 4.78 is 1.12. The molecule has 3 rings (SSSR count). The minimum Gasteiger partial charge on any atom is -0.317 e. The number of nitrogens with one attached hydrogen (secondary N) is 1. The molecule has 3 nitrogen and oxygen atoms in total. The summed E-state index contributed by atoms with van der Waals surface area (Å²) in [6.07, 6.45) is 4.47. The lowest BCUT2D eigenvalue weighted by Crippen LogP contribution is -2.34. The summed E-state index contributed by atoms with van der Waals surface area (Å²) in [5.41, 5.74) is 2.43. The van der Waals surface area contributed by atoms with Crippen LogP contribution in [-0.2, 0) is 6.54 Å². The van der Waals surface area contributed by atoms with Crippen molar-refractivity contribution in [2.24, 2.45) is 5.92 Å². The van der Waals surface area contributed by atoms with E-state index in [9.17, 15) is 0 Å². The Morgan fingerprint density at radius 1 is 1.29 bits per heavy atom. The second-order valence-electron chi connectivity index (χ2n) is 6.00. The SMILES string of the molecule is CN(Cc1ccc(Br)c2cccnc12)CC1CCNCC1. The van der Waals surface area contributed by atoms with Crippen LogP contribution in [0.5, 0.6) is 0 Å². The molecule has 0 saturated carbocycles. The maximum atomic E-state index is 4.58. The normalized spacial score (nSPS) is 16.7. The molecule has 0 spiro atoms. The van der Waals surface area contributed by atoms with E-state index in [-0.39, 0.29) is 0 Å². The van der Waals surface area contributed by atoms with Crippen molar-refractivity contribution in [2.45, 2.75) is 19.4 Å². The first-order chi connectivity index (χ1) is 10.2. The Kier molecular flexibility index (Phi) is 4.88. The van der Waals surface area contributed by atoms with Crippen LogP contribution in [-0.4, -0.2) is 36.6 Å². The number of hydrogen-bond donors (Lipinski definition) is 1. The van der Waals surface area contributed by atoms with Gasteiger partial charge in [-0.3, -0.25) is 4.98 Å². The van der Waals surface area contributed by atoms with E-state index in [1.54, 1.807) is 0 Å². The van der Waals surface area contributed by atoms with E-state index >= 15 is 0 Å². The number of halogens is 1. The molecule has 1 aromatic carbocycles. The molecule has 1 aliphatic heterocycles. The van der Waals surface area contributed by atoms with Gasteiger partial charge in [0.2, 0.25) is 0 Å². The summed E-state index contributed by atoms with van der Waals surface area (Å²) in [6.45, 7) is 4.47. The monoisotopic (exact) mass is 347 g/mol. The molecule has 2 heterocycles. The number of pyridine rings is 1. The molecule has 2 aromatic rings. The largest absolute Gasteiger partial charge is 0.317 e. The molecule has 0 aliphatic carbocycles. The average molecular weight is 348 g/mol. The fourth-order valence-corrected chi connectivity index (χ4v) is 3.64. The van der Waals surface area contributed by atoms with Crippen LogP contribution in [0.25, 0.3) is 10.9 Å². The second kappa shape index (κ2) is 6.86. The third kappa shape index (κ3) is 3.62. The van der Waals surface area contributed by atoms with Crippen LogP contribution >= 0.6 is 15.9 Å². The number of aromatic nitrogens is 1. The van der Waals surface area contributed by atoms with Gasteiger partial charge in [0.25, 0.3) is 0 Å². The van der Waals surface area contributed by atoms with E-state index < -0.39 is 0 Å². The van der Waals surface area contributed by atoms with Crippen molar-refractivity contribution in [2.75, 3.05) is 26.7 Å². The fourth-order valence-electron chi connectivity index (χ4n) is 3.18. The van der Waals surface area contributed by atoms with Gasteiger partial charge in [-0.05, 0) is 56.6 Å². The van der Waals surface area contributed by atoms with Crippen LogP contribution in [0.2, 0.25) is 0 Å². The highest BCUT2D eigenvalue weighted by atomic mass is 79.9. The molecule has 1 aromatic heterocycles. The minimum absolute atomic E-state index is 0.825. The predicted molar refractivity (Wildman–Crippen MR) is 91.4 cm³/mol. The summed E-state index contributed by atoms with van der Waals surface area (Å²) in [4.78, 5) is 7.01. The highest BCUT2D eigenvalue weighted by Crippen LogP contribution is 2.26. The number of benzene rings is 1. The molecule has 1 N–H and O–H groups in total. The third-order valence-electron chi connectivity index (χ3n) is 4.27. The summed E-state index contributed by atoms with van der Waals surface area (Å²) >= 11 is 3.62. The standard InChI is InChI=1S/C17H22BrN3/c1-21(11-13-6-9-19-10-7-13)12-14-4-5-16(18)15-3-2-8-20-17(14)15/h2-5,8,13,19H,6-7,9-12H2,1H3. The fraction of sp³-hybridized carbons (Fsp3) is 0.471. The van der Waals surface area contributed by atoms with Crippen molar-refractivity contribution in [1.29, 1.82) is 0 Å². The zero-order valence-corrected chi connectivity index (χ0v) is 14.1. The van der Waals surface area contributed by atoms with Crippen LogP contribution < -0.4 is 5.32 Å². The molecule has 0 bridgehead atoms. The van der Waals surface area contributed by atoms with Gasteiger partial charge in [0.1, 0.15) is 0 Å². The molecule has 112 valence electrons. The topological polar surface area (TPSA) is 28.2 Å².